The molecule has 2 N–H and O–H groups in total. The van der Waals surface area contributed by atoms with Crippen molar-refractivity contribution >= 4 is 40.6 Å². The van der Waals surface area contributed by atoms with Crippen LogP contribution in [-0.4, -0.2) is 37.2 Å². The topological polar surface area (TPSA) is 93.7 Å². The summed E-state index contributed by atoms with van der Waals surface area (Å²) in [5.74, 6) is -0.879. The Balaban J connectivity index is 2.03. The first-order valence-electron chi connectivity index (χ1n) is 10.4. The third-order valence-corrected chi connectivity index (χ3v) is 5.40. The van der Waals surface area contributed by atoms with Gasteiger partial charge in [0.1, 0.15) is 18.7 Å². The fourth-order valence-electron chi connectivity index (χ4n) is 3.07. The zero-order chi connectivity index (χ0) is 23.5. The molecule has 0 radical (unpaired) electrons. The molecule has 172 valence electrons. The number of hydrogen-bond donors (Lipinski definition) is 2. The minimum atomic E-state index is -0.871. The predicted molar refractivity (Wildman–Crippen MR) is 130 cm³/mol. The van der Waals surface area contributed by atoms with Crippen LogP contribution in [0.15, 0.2) is 54.6 Å². The molecule has 0 fully saturated rings. The Morgan fingerprint density at radius 3 is 2.16 bits per heavy atom. The molecular formula is C24H29IN2O5. The monoisotopic (exact) mass is 552 g/mol. The second-order valence-corrected chi connectivity index (χ2v) is 9.05. The number of halogens is 1. The fourth-order valence-corrected chi connectivity index (χ4v) is 3.43. The van der Waals surface area contributed by atoms with Crippen molar-refractivity contribution in [3.63, 3.8) is 0 Å². The fraction of sp³-hybridized carbons (Fsp3) is 0.375. The zero-order valence-electron chi connectivity index (χ0n) is 18.5. The van der Waals surface area contributed by atoms with Gasteiger partial charge < -0.3 is 20.1 Å². The number of carbonyl (C=O) groups excluding carboxylic acids is 3. The SMILES string of the molecule is COC(=O)[C@H](Cc1ccc(I)cc1)NC(=O)[C@H](CC(C)C)NC(=O)OCc1ccccc1. The van der Waals surface area contributed by atoms with Crippen LogP contribution in [0.4, 0.5) is 4.79 Å². The molecule has 0 bridgehead atoms. The lowest BCUT2D eigenvalue weighted by Crippen LogP contribution is -2.53. The van der Waals surface area contributed by atoms with Gasteiger partial charge in [0.2, 0.25) is 5.91 Å². The molecular weight excluding hydrogens is 523 g/mol. The van der Waals surface area contributed by atoms with E-state index in [1.165, 1.54) is 7.11 Å². The van der Waals surface area contributed by atoms with Gasteiger partial charge in [-0.2, -0.15) is 0 Å². The van der Waals surface area contributed by atoms with Crippen molar-refractivity contribution in [2.24, 2.45) is 5.92 Å². The van der Waals surface area contributed by atoms with Gasteiger partial charge in [0.15, 0.2) is 0 Å². The van der Waals surface area contributed by atoms with Crippen molar-refractivity contribution in [1.82, 2.24) is 10.6 Å². The maximum absolute atomic E-state index is 13.0. The lowest BCUT2D eigenvalue weighted by atomic mass is 10.0. The van der Waals surface area contributed by atoms with Crippen LogP contribution in [0, 0.1) is 9.49 Å². The lowest BCUT2D eigenvalue weighted by molar-refractivity contribution is -0.145. The molecule has 2 aromatic carbocycles. The summed E-state index contributed by atoms with van der Waals surface area (Å²) >= 11 is 2.20. The predicted octanol–water partition coefficient (Wildman–Crippen LogP) is 3.83. The van der Waals surface area contributed by atoms with Crippen molar-refractivity contribution < 1.29 is 23.9 Å². The van der Waals surface area contributed by atoms with Crippen LogP contribution in [0.3, 0.4) is 0 Å². The van der Waals surface area contributed by atoms with E-state index in [4.69, 9.17) is 9.47 Å². The number of benzene rings is 2. The Hall–Kier alpha value is -2.62. The number of methoxy groups -OCH3 is 1. The quantitative estimate of drug-likeness (QED) is 0.345. The molecule has 0 aliphatic heterocycles. The van der Waals surface area contributed by atoms with E-state index in [0.29, 0.717) is 6.42 Å². The van der Waals surface area contributed by atoms with Crippen molar-refractivity contribution in [3.8, 4) is 0 Å². The van der Waals surface area contributed by atoms with Crippen LogP contribution in [0.2, 0.25) is 0 Å². The first kappa shape index (κ1) is 25.6. The number of ether oxygens (including phenoxy) is 2. The summed E-state index contributed by atoms with van der Waals surface area (Å²) in [5.41, 5.74) is 1.73. The largest absolute Gasteiger partial charge is 0.467 e. The summed E-state index contributed by atoms with van der Waals surface area (Å²) in [6.07, 6.45) is -0.0202. The summed E-state index contributed by atoms with van der Waals surface area (Å²) < 4.78 is 11.2. The summed E-state index contributed by atoms with van der Waals surface area (Å²) in [6, 6.07) is 15.2. The summed E-state index contributed by atoms with van der Waals surface area (Å²) in [4.78, 5) is 37.6. The van der Waals surface area contributed by atoms with Gasteiger partial charge in [-0.1, -0.05) is 56.3 Å². The minimum absolute atomic E-state index is 0.0975. The summed E-state index contributed by atoms with van der Waals surface area (Å²) in [7, 11) is 1.28. The van der Waals surface area contributed by atoms with E-state index < -0.39 is 30.1 Å². The molecule has 7 nitrogen and oxygen atoms in total. The second-order valence-electron chi connectivity index (χ2n) is 7.80. The molecule has 0 aliphatic rings. The molecule has 0 aliphatic carbocycles. The number of rotatable bonds is 10. The molecule has 8 heteroatoms. The standard InChI is InChI=1S/C24H29IN2O5/c1-16(2)13-20(27-24(30)32-15-18-7-5-4-6-8-18)22(28)26-21(23(29)31-3)14-17-9-11-19(25)12-10-17/h4-12,16,20-21H,13-15H2,1-3H3,(H,26,28)(H,27,30)/t20-,21-/m0/s1. The smallest absolute Gasteiger partial charge is 0.408 e. The van der Waals surface area contributed by atoms with Crippen LogP contribution in [0.1, 0.15) is 31.4 Å². The number of nitrogens with one attached hydrogen (secondary N) is 2. The molecule has 0 unspecified atom stereocenters. The van der Waals surface area contributed by atoms with E-state index in [9.17, 15) is 14.4 Å². The molecule has 2 aromatic rings. The molecule has 2 atom stereocenters. The number of hydrogen-bond acceptors (Lipinski definition) is 5. The molecule has 0 saturated heterocycles. The Kier molecular flexibility index (Phi) is 10.5. The highest BCUT2D eigenvalue weighted by Crippen LogP contribution is 2.11. The van der Waals surface area contributed by atoms with Gasteiger partial charge in [-0.3, -0.25) is 4.79 Å². The number of amides is 2. The van der Waals surface area contributed by atoms with Crippen molar-refractivity contribution in [3.05, 3.63) is 69.3 Å². The van der Waals surface area contributed by atoms with E-state index >= 15 is 0 Å². The van der Waals surface area contributed by atoms with E-state index in [-0.39, 0.29) is 18.9 Å². The number of esters is 1. The maximum Gasteiger partial charge on any atom is 0.408 e. The van der Waals surface area contributed by atoms with Gasteiger partial charge in [-0.15, -0.1) is 0 Å². The number of carbonyl (C=O) groups is 3. The molecule has 32 heavy (non-hydrogen) atoms. The van der Waals surface area contributed by atoms with Crippen molar-refractivity contribution in [1.29, 1.82) is 0 Å². The molecule has 0 heterocycles. The molecule has 0 saturated carbocycles. The Morgan fingerprint density at radius 1 is 0.906 bits per heavy atom. The molecule has 2 amide bonds. The Bertz CT molecular complexity index is 887. The summed E-state index contributed by atoms with van der Waals surface area (Å²) in [5, 5.41) is 5.36. The van der Waals surface area contributed by atoms with E-state index in [0.717, 1.165) is 14.7 Å². The average molecular weight is 552 g/mol. The minimum Gasteiger partial charge on any atom is -0.467 e. The van der Waals surface area contributed by atoms with E-state index in [1.54, 1.807) is 0 Å². The van der Waals surface area contributed by atoms with Gasteiger partial charge in [0, 0.05) is 9.99 Å². The Labute approximate surface area is 202 Å². The third-order valence-electron chi connectivity index (χ3n) is 4.68. The van der Waals surface area contributed by atoms with Crippen LogP contribution < -0.4 is 10.6 Å². The van der Waals surface area contributed by atoms with Gasteiger partial charge in [-0.05, 0) is 58.2 Å². The average Bonchev–Trinajstić information content (AvgIpc) is 2.78. The van der Waals surface area contributed by atoms with Crippen molar-refractivity contribution in [2.45, 2.75) is 45.4 Å². The highest BCUT2D eigenvalue weighted by Gasteiger charge is 2.28. The van der Waals surface area contributed by atoms with E-state index in [2.05, 4.69) is 33.2 Å². The van der Waals surface area contributed by atoms with Gasteiger partial charge >= 0.3 is 12.1 Å². The van der Waals surface area contributed by atoms with Gasteiger partial charge in [0.25, 0.3) is 0 Å². The lowest BCUT2D eigenvalue weighted by Gasteiger charge is -2.23. The van der Waals surface area contributed by atoms with Gasteiger partial charge in [-0.25, -0.2) is 9.59 Å². The second kappa shape index (κ2) is 13.0. The maximum atomic E-state index is 13.0. The zero-order valence-corrected chi connectivity index (χ0v) is 20.6. The van der Waals surface area contributed by atoms with Crippen LogP contribution in [0.25, 0.3) is 0 Å². The summed E-state index contributed by atoms with van der Waals surface area (Å²) in [6.45, 7) is 3.99. The Morgan fingerprint density at radius 2 is 1.56 bits per heavy atom. The normalized spacial score (nSPS) is 12.5. The van der Waals surface area contributed by atoms with Crippen LogP contribution in [-0.2, 0) is 32.1 Å². The van der Waals surface area contributed by atoms with E-state index in [1.807, 2.05) is 68.4 Å². The molecule has 0 aromatic heterocycles. The molecule has 2 rings (SSSR count). The highest BCUT2D eigenvalue weighted by molar-refractivity contribution is 14.1. The van der Waals surface area contributed by atoms with Crippen molar-refractivity contribution in [2.75, 3.05) is 7.11 Å². The van der Waals surface area contributed by atoms with Gasteiger partial charge in [0.05, 0.1) is 7.11 Å². The van der Waals surface area contributed by atoms with Crippen LogP contribution in [0.5, 0.6) is 0 Å². The highest BCUT2D eigenvalue weighted by atomic mass is 127. The third kappa shape index (κ3) is 8.86. The number of alkyl carbamates (subject to hydrolysis) is 1. The first-order chi connectivity index (χ1) is 15.3. The van der Waals surface area contributed by atoms with Crippen LogP contribution >= 0.6 is 22.6 Å². The molecule has 0 spiro atoms. The first-order valence-corrected chi connectivity index (χ1v) is 11.5.